The molecule has 0 spiro atoms. The van der Waals surface area contributed by atoms with Crippen LogP contribution in [0.4, 0.5) is 15.9 Å². The Hall–Kier alpha value is -3.56. The van der Waals surface area contributed by atoms with E-state index in [1.165, 1.54) is 18.5 Å². The first-order chi connectivity index (χ1) is 17.5. The predicted octanol–water partition coefficient (Wildman–Crippen LogP) is 4.79. The lowest BCUT2D eigenvalue weighted by molar-refractivity contribution is 0.249. The van der Waals surface area contributed by atoms with Crippen LogP contribution >= 0.6 is 0 Å². The van der Waals surface area contributed by atoms with E-state index in [9.17, 15) is 4.39 Å². The molecule has 8 nitrogen and oxygen atoms in total. The molecule has 9 heteroatoms. The Kier molecular flexibility index (Phi) is 8.80. The standard InChI is InChI=1S/C27H34FN7O/c1-4-35(5-2)12-7-13-36-23-10-11-24-25(17-23)29-18-30-27(24)32-26-16-22(33-34-26)14-19(3)31-21-9-6-8-20(28)15-21/h6,8-11,15,17-18,22,31,33H,3-5,7,12-14,16H2,1-2H3,(H,29,30,32,34). The van der Waals surface area contributed by atoms with Crippen LogP contribution in [0.3, 0.4) is 0 Å². The molecule has 190 valence electrons. The zero-order chi connectivity index (χ0) is 25.3. The molecule has 2 aromatic carbocycles. The Morgan fingerprint density at radius 2 is 2.08 bits per heavy atom. The van der Waals surface area contributed by atoms with Crippen LogP contribution < -0.4 is 20.9 Å². The van der Waals surface area contributed by atoms with Crippen molar-refractivity contribution in [2.75, 3.05) is 31.6 Å². The van der Waals surface area contributed by atoms with Crippen molar-refractivity contribution < 1.29 is 9.13 Å². The van der Waals surface area contributed by atoms with Crippen LogP contribution in [0.1, 0.15) is 33.1 Å². The number of anilines is 1. The van der Waals surface area contributed by atoms with Gasteiger partial charge < -0.3 is 20.4 Å². The normalized spacial score (nSPS) is 16.4. The summed E-state index contributed by atoms with van der Waals surface area (Å²) in [7, 11) is 0. The minimum Gasteiger partial charge on any atom is -0.493 e. The van der Waals surface area contributed by atoms with Gasteiger partial charge in [0.2, 0.25) is 0 Å². The summed E-state index contributed by atoms with van der Waals surface area (Å²) in [5.74, 6) is 1.91. The summed E-state index contributed by atoms with van der Waals surface area (Å²) in [6, 6.07) is 12.3. The smallest absolute Gasteiger partial charge is 0.165 e. The molecule has 0 aliphatic carbocycles. The highest BCUT2D eigenvalue weighted by Gasteiger charge is 2.21. The van der Waals surface area contributed by atoms with E-state index >= 15 is 0 Å². The summed E-state index contributed by atoms with van der Waals surface area (Å²) < 4.78 is 19.4. The van der Waals surface area contributed by atoms with Gasteiger partial charge in [-0.3, -0.25) is 0 Å². The van der Waals surface area contributed by atoms with Crippen LogP contribution in [0.2, 0.25) is 0 Å². The predicted molar refractivity (Wildman–Crippen MR) is 143 cm³/mol. The Morgan fingerprint density at radius 3 is 2.89 bits per heavy atom. The van der Waals surface area contributed by atoms with Crippen LogP contribution in [0.25, 0.3) is 10.9 Å². The van der Waals surface area contributed by atoms with Crippen molar-refractivity contribution in [3.63, 3.8) is 0 Å². The molecule has 0 amide bonds. The molecule has 2 heterocycles. The minimum absolute atomic E-state index is 0.0988. The molecule has 1 fully saturated rings. The average molecular weight is 492 g/mol. The highest BCUT2D eigenvalue weighted by Crippen LogP contribution is 2.26. The number of nitrogens with zero attached hydrogens (tertiary/aromatic N) is 4. The number of benzene rings is 2. The Balaban J connectivity index is 1.33. The molecule has 3 aromatic rings. The lowest BCUT2D eigenvalue weighted by Gasteiger charge is -2.17. The maximum absolute atomic E-state index is 13.4. The van der Waals surface area contributed by atoms with Gasteiger partial charge in [0, 0.05) is 48.3 Å². The largest absolute Gasteiger partial charge is 0.493 e. The molecular formula is C27H34FN7O. The van der Waals surface area contributed by atoms with Crippen molar-refractivity contribution >= 4 is 28.2 Å². The second-order valence-corrected chi connectivity index (χ2v) is 8.78. The third-order valence-corrected chi connectivity index (χ3v) is 6.11. The highest BCUT2D eigenvalue weighted by atomic mass is 19.1. The number of ether oxygens (including phenoxy) is 1. The van der Waals surface area contributed by atoms with Crippen molar-refractivity contribution in [2.45, 2.75) is 39.2 Å². The van der Waals surface area contributed by atoms with Crippen molar-refractivity contribution in [2.24, 2.45) is 4.99 Å². The van der Waals surface area contributed by atoms with E-state index in [1.54, 1.807) is 6.07 Å². The lowest BCUT2D eigenvalue weighted by Crippen LogP contribution is -2.32. The number of hydrogen-bond acceptors (Lipinski definition) is 7. The number of hydrazine groups is 1. The molecule has 1 saturated heterocycles. The molecule has 0 bridgehead atoms. The van der Waals surface area contributed by atoms with E-state index in [0.717, 1.165) is 54.2 Å². The van der Waals surface area contributed by atoms with Crippen LogP contribution in [0.15, 0.2) is 66.1 Å². The number of hydrogen-bond donors (Lipinski definition) is 3. The second-order valence-electron chi connectivity index (χ2n) is 8.78. The summed E-state index contributed by atoms with van der Waals surface area (Å²) in [6.45, 7) is 12.2. The fraction of sp³-hybridized carbons (Fsp3) is 0.370. The van der Waals surface area contributed by atoms with Gasteiger partial charge in [0.15, 0.2) is 5.82 Å². The van der Waals surface area contributed by atoms with Gasteiger partial charge in [-0.1, -0.05) is 26.5 Å². The number of aromatic nitrogens is 2. The summed E-state index contributed by atoms with van der Waals surface area (Å²) in [5, 5.41) is 4.02. The monoisotopic (exact) mass is 491 g/mol. The SMILES string of the molecule is C=C(CC1CC(=Nc2ncnc3cc(OCCCN(CC)CC)ccc23)NN1)Nc1cccc(F)c1. The topological polar surface area (TPSA) is 86.7 Å². The van der Waals surface area contributed by atoms with E-state index in [4.69, 9.17) is 9.73 Å². The average Bonchev–Trinajstić information content (AvgIpc) is 3.30. The Morgan fingerprint density at radius 1 is 1.22 bits per heavy atom. The molecule has 1 aliphatic heterocycles. The number of fused-ring (bicyclic) bond motifs is 1. The number of nitrogens with one attached hydrogen (secondary N) is 3. The Bertz CT molecular complexity index is 1210. The van der Waals surface area contributed by atoms with Crippen molar-refractivity contribution in [3.05, 3.63) is 66.9 Å². The highest BCUT2D eigenvalue weighted by molar-refractivity contribution is 5.93. The molecule has 0 saturated carbocycles. The zero-order valence-electron chi connectivity index (χ0n) is 20.9. The molecule has 4 rings (SSSR count). The molecule has 1 aliphatic rings. The van der Waals surface area contributed by atoms with Gasteiger partial charge in [0.25, 0.3) is 0 Å². The first kappa shape index (κ1) is 25.5. The molecule has 1 aromatic heterocycles. The molecule has 3 N–H and O–H groups in total. The van der Waals surface area contributed by atoms with Gasteiger partial charge in [0.05, 0.1) is 12.1 Å². The van der Waals surface area contributed by atoms with Crippen LogP contribution in [0.5, 0.6) is 5.75 Å². The maximum Gasteiger partial charge on any atom is 0.165 e. The van der Waals surface area contributed by atoms with E-state index < -0.39 is 0 Å². The number of halogens is 1. The van der Waals surface area contributed by atoms with E-state index in [0.29, 0.717) is 31.0 Å². The van der Waals surface area contributed by atoms with Gasteiger partial charge in [0.1, 0.15) is 23.7 Å². The fourth-order valence-electron chi connectivity index (χ4n) is 4.18. The van der Waals surface area contributed by atoms with E-state index in [-0.39, 0.29) is 11.9 Å². The molecule has 0 radical (unpaired) electrons. The third kappa shape index (κ3) is 6.99. The number of aliphatic imine (C=N–C) groups is 1. The Labute approximate surface area is 211 Å². The zero-order valence-corrected chi connectivity index (χ0v) is 20.9. The lowest BCUT2D eigenvalue weighted by atomic mass is 10.1. The summed E-state index contributed by atoms with van der Waals surface area (Å²) in [6.07, 6.45) is 3.84. The maximum atomic E-state index is 13.4. The van der Waals surface area contributed by atoms with E-state index in [2.05, 4.69) is 51.5 Å². The van der Waals surface area contributed by atoms with Crippen LogP contribution in [-0.2, 0) is 0 Å². The summed E-state index contributed by atoms with van der Waals surface area (Å²) >= 11 is 0. The minimum atomic E-state index is -0.283. The van der Waals surface area contributed by atoms with Crippen molar-refractivity contribution in [1.29, 1.82) is 0 Å². The third-order valence-electron chi connectivity index (χ3n) is 6.11. The first-order valence-electron chi connectivity index (χ1n) is 12.4. The van der Waals surface area contributed by atoms with Crippen molar-refractivity contribution in [3.8, 4) is 5.75 Å². The molecule has 36 heavy (non-hydrogen) atoms. The first-order valence-corrected chi connectivity index (χ1v) is 12.4. The van der Waals surface area contributed by atoms with Gasteiger partial charge in [-0.2, -0.15) is 0 Å². The second kappa shape index (κ2) is 12.4. The van der Waals surface area contributed by atoms with Gasteiger partial charge in [-0.15, -0.1) is 0 Å². The molecule has 1 unspecified atom stereocenters. The molecule has 1 atom stereocenters. The fourth-order valence-corrected chi connectivity index (χ4v) is 4.18. The van der Waals surface area contributed by atoms with Gasteiger partial charge in [-0.05, 0) is 49.8 Å². The summed E-state index contributed by atoms with van der Waals surface area (Å²) in [4.78, 5) is 15.9. The number of rotatable bonds is 12. The van der Waals surface area contributed by atoms with Gasteiger partial charge in [-0.25, -0.2) is 24.8 Å². The molecular weight excluding hydrogens is 457 g/mol. The van der Waals surface area contributed by atoms with Crippen LogP contribution in [0, 0.1) is 5.82 Å². The van der Waals surface area contributed by atoms with Crippen molar-refractivity contribution in [1.82, 2.24) is 25.7 Å². The number of amidine groups is 1. The van der Waals surface area contributed by atoms with Crippen LogP contribution in [-0.4, -0.2) is 53.0 Å². The van der Waals surface area contributed by atoms with Gasteiger partial charge >= 0.3 is 0 Å². The summed E-state index contributed by atoms with van der Waals surface area (Å²) in [5.41, 5.74) is 8.64. The quantitative estimate of drug-likeness (QED) is 0.314. The van der Waals surface area contributed by atoms with E-state index in [1.807, 2.05) is 24.3 Å².